The molecule has 10 heavy (non-hydrogen) atoms. The van der Waals surface area contributed by atoms with Crippen LogP contribution in [-0.4, -0.2) is 15.2 Å². The van der Waals surface area contributed by atoms with Crippen LogP contribution in [0.2, 0.25) is 10.6 Å². The van der Waals surface area contributed by atoms with Crippen LogP contribution in [-0.2, 0) is 0 Å². The predicted octanol–water partition coefficient (Wildman–Crippen LogP) is 0.0682. The predicted molar refractivity (Wildman–Crippen MR) is 47.3 cm³/mol. The molecule has 0 N–H and O–H groups in total. The van der Waals surface area contributed by atoms with Crippen LogP contribution in [0.25, 0.3) is 0 Å². The maximum atomic E-state index is 2.31. The summed E-state index contributed by atoms with van der Waals surface area (Å²) in [5.41, 5.74) is 0. The van der Waals surface area contributed by atoms with E-state index in [4.69, 9.17) is 0 Å². The van der Waals surface area contributed by atoms with E-state index in [0.717, 1.165) is 27.1 Å². The quantitative estimate of drug-likeness (QED) is 0.518. The van der Waals surface area contributed by atoms with Gasteiger partial charge >= 0.3 is 94.9 Å². The maximum Gasteiger partial charge on any atom is 1.00 e. The van der Waals surface area contributed by atoms with Gasteiger partial charge in [-0.05, 0) is 0 Å². The number of hydrogen-bond donors (Lipinski definition) is 0. The van der Waals surface area contributed by atoms with Gasteiger partial charge in [0.1, 0.15) is 0 Å². The van der Waals surface area contributed by atoms with Crippen LogP contribution in [0, 0.1) is 11.8 Å². The molecule has 0 bridgehead atoms. The van der Waals surface area contributed by atoms with E-state index < -0.39 is 0 Å². The summed E-state index contributed by atoms with van der Waals surface area (Å²) in [5, 5.41) is 2.97. The molecule has 0 aromatic heterocycles. The third kappa shape index (κ3) is 12.2. The van der Waals surface area contributed by atoms with Crippen molar-refractivity contribution in [3.05, 3.63) is 0 Å². The Balaban J connectivity index is -0.000000107. The summed E-state index contributed by atoms with van der Waals surface area (Å²) >= 11 is 0.755. The van der Waals surface area contributed by atoms with Gasteiger partial charge in [-0.25, -0.2) is 0 Å². The van der Waals surface area contributed by atoms with Crippen molar-refractivity contribution in [2.45, 2.75) is 38.3 Å². The summed E-state index contributed by atoms with van der Waals surface area (Å²) in [6.45, 7) is 9.25. The molecule has 0 saturated carbocycles. The average Bonchev–Trinajstić information content (AvgIpc) is 1.63. The average molecular weight is 166 g/mol. The van der Waals surface area contributed by atoms with Gasteiger partial charge in [-0.3, -0.25) is 0 Å². The van der Waals surface area contributed by atoms with Gasteiger partial charge in [0.05, 0.1) is 0 Å². The second kappa shape index (κ2) is 8.63. The Hall–Kier alpha value is 1.53. The molecule has 0 saturated heterocycles. The van der Waals surface area contributed by atoms with Crippen LogP contribution in [0.3, 0.4) is 0 Å². The van der Waals surface area contributed by atoms with E-state index in [2.05, 4.69) is 27.7 Å². The van der Waals surface area contributed by atoms with Crippen LogP contribution in [0.5, 0.6) is 0 Å². The Labute approximate surface area is 97.1 Å². The Morgan fingerprint density at radius 2 is 1.30 bits per heavy atom. The molecule has 0 unspecified atom stereocenters. The van der Waals surface area contributed by atoms with E-state index in [1.165, 1.54) is 10.6 Å². The van der Waals surface area contributed by atoms with Crippen LogP contribution < -0.4 is 29.6 Å². The van der Waals surface area contributed by atoms with Gasteiger partial charge in [-0.2, -0.15) is 0 Å². The zero-order chi connectivity index (χ0) is 7.28. The summed E-state index contributed by atoms with van der Waals surface area (Å²) < 4.78 is 0. The topological polar surface area (TPSA) is 0 Å². The molecule has 0 radical (unpaired) electrons. The van der Waals surface area contributed by atoms with E-state index in [1.807, 2.05) is 0 Å². The van der Waals surface area contributed by atoms with Gasteiger partial charge in [0.2, 0.25) is 0 Å². The van der Waals surface area contributed by atoms with Gasteiger partial charge in [-0.15, -0.1) is 0 Å². The minimum absolute atomic E-state index is 0. The van der Waals surface area contributed by atoms with E-state index >= 15 is 0 Å². The van der Waals surface area contributed by atoms with Crippen LogP contribution in [0.4, 0.5) is 0 Å². The molecule has 0 aliphatic carbocycles. The Kier molecular flexibility index (Phi) is 12.1. The molecule has 0 aromatic rings. The summed E-state index contributed by atoms with van der Waals surface area (Å²) in [6, 6.07) is 0. The largest absolute Gasteiger partial charge is 1.00 e. The van der Waals surface area contributed by atoms with Gasteiger partial charge in [0.15, 0.2) is 0 Å². The molecular weight excluding hydrogens is 146 g/mol. The van der Waals surface area contributed by atoms with Crippen molar-refractivity contribution in [3.63, 3.8) is 0 Å². The second-order valence-corrected chi connectivity index (χ2v) is 5.07. The normalized spacial score (nSPS) is 9.40. The zero-order valence-corrected chi connectivity index (χ0v) is 11.3. The fourth-order valence-electron chi connectivity index (χ4n) is 0.763. The summed E-state index contributed by atoms with van der Waals surface area (Å²) in [5.74, 6) is 1.86. The molecule has 0 fully saturated rings. The number of rotatable bonds is 4. The second-order valence-electron chi connectivity index (χ2n) is 3.55. The molecule has 0 aliphatic rings. The van der Waals surface area contributed by atoms with Crippen molar-refractivity contribution >= 4 is 15.2 Å². The molecule has 2 heteroatoms. The van der Waals surface area contributed by atoms with Crippen LogP contribution in [0.15, 0.2) is 0 Å². The first kappa shape index (κ1) is 14.1. The Bertz CT molecular complexity index is 62.1. The van der Waals surface area contributed by atoms with E-state index in [1.54, 1.807) is 0 Å². The van der Waals surface area contributed by atoms with Crippen molar-refractivity contribution in [1.82, 2.24) is 0 Å². The van der Waals surface area contributed by atoms with E-state index in [0.29, 0.717) is 0 Å². The van der Waals surface area contributed by atoms with Crippen LogP contribution >= 0.6 is 0 Å². The molecule has 0 rings (SSSR count). The summed E-state index contributed by atoms with van der Waals surface area (Å²) in [7, 11) is 0. The van der Waals surface area contributed by atoms with Crippen molar-refractivity contribution < 1.29 is 32.4 Å². The molecular formula is C8H20AlNa. The Morgan fingerprint density at radius 3 is 1.50 bits per heavy atom. The van der Waals surface area contributed by atoms with E-state index in [9.17, 15) is 0 Å². The van der Waals surface area contributed by atoms with Crippen molar-refractivity contribution in [3.8, 4) is 0 Å². The van der Waals surface area contributed by atoms with Crippen molar-refractivity contribution in [2.24, 2.45) is 11.8 Å². The van der Waals surface area contributed by atoms with Crippen LogP contribution in [0.1, 0.15) is 30.5 Å². The third-order valence-corrected chi connectivity index (χ3v) is 3.83. The number of hydrogen-bond acceptors (Lipinski definition) is 0. The van der Waals surface area contributed by atoms with E-state index in [-0.39, 0.29) is 32.4 Å². The fraction of sp³-hybridized carbons (Fsp3) is 1.00. The maximum absolute atomic E-state index is 2.31. The molecule has 0 heterocycles. The zero-order valence-electron chi connectivity index (χ0n) is 10.1. The summed E-state index contributed by atoms with van der Waals surface area (Å²) in [4.78, 5) is 0. The first-order valence-electron chi connectivity index (χ1n) is 3.94. The minimum atomic E-state index is 0. The molecule has 56 valence electrons. The summed E-state index contributed by atoms with van der Waals surface area (Å²) in [6.07, 6.45) is 0. The van der Waals surface area contributed by atoms with Gasteiger partial charge in [0, 0.05) is 0 Å². The molecule has 0 nitrogen and oxygen atoms in total. The smallest absolute Gasteiger partial charge is 1.00 e. The van der Waals surface area contributed by atoms with Gasteiger partial charge < -0.3 is 2.85 Å². The molecule has 0 spiro atoms. The molecule has 0 atom stereocenters. The SMILES string of the molecule is CC(C)[CH2][Al+][CH2]C(C)C.[H-].[H-].[Na+]. The van der Waals surface area contributed by atoms with Gasteiger partial charge in [0.25, 0.3) is 0 Å². The molecule has 0 aliphatic heterocycles. The fourth-order valence-corrected chi connectivity index (χ4v) is 2.29. The monoisotopic (exact) mass is 166 g/mol. The Morgan fingerprint density at radius 1 is 1.00 bits per heavy atom. The minimum Gasteiger partial charge on any atom is -1.00 e. The standard InChI is InChI=1S/2C4H9.Al.Na.2H/c2*1-4(2)3;;;;/h2*4H,1H2,2-3H3;;;;/q;;2*+1;2*-1. The van der Waals surface area contributed by atoms with Crippen molar-refractivity contribution in [2.75, 3.05) is 0 Å². The van der Waals surface area contributed by atoms with Crippen molar-refractivity contribution in [1.29, 1.82) is 0 Å². The molecule has 0 amide bonds. The first-order chi connectivity index (χ1) is 4.13. The molecule has 0 aromatic carbocycles. The van der Waals surface area contributed by atoms with Gasteiger partial charge in [-0.1, -0.05) is 0 Å². The first-order valence-corrected chi connectivity index (χ1v) is 5.58. The third-order valence-electron chi connectivity index (χ3n) is 1.28.